The van der Waals surface area contributed by atoms with E-state index in [1.54, 1.807) is 0 Å². The van der Waals surface area contributed by atoms with Gasteiger partial charge < -0.3 is 20.9 Å². The molecule has 0 spiro atoms. The molecule has 0 aromatic heterocycles. The molecule has 22 heavy (non-hydrogen) atoms. The molecule has 5 nitrogen and oxygen atoms in total. The number of nitrogens with zero attached hydrogens (tertiary/aromatic N) is 2. The fourth-order valence-corrected chi connectivity index (χ4v) is 3.03. The summed E-state index contributed by atoms with van der Waals surface area (Å²) < 4.78 is 0. The zero-order valence-electron chi connectivity index (χ0n) is 12.6. The Labute approximate surface area is 141 Å². The Morgan fingerprint density at radius 1 is 1.36 bits per heavy atom. The number of rotatable bonds is 4. The summed E-state index contributed by atoms with van der Waals surface area (Å²) in [5.74, 6) is 0.225. The first-order valence-electron chi connectivity index (χ1n) is 7.40. The largest absolute Gasteiger partial charge is 0.376 e. The summed E-state index contributed by atoms with van der Waals surface area (Å²) in [4.78, 5) is 16.0. The van der Waals surface area contributed by atoms with Gasteiger partial charge in [0, 0.05) is 32.6 Å². The Bertz CT molecular complexity index is 558. The molecule has 1 aliphatic heterocycles. The molecule has 0 bridgehead atoms. The van der Waals surface area contributed by atoms with Crippen LogP contribution in [0.5, 0.6) is 0 Å². The van der Waals surface area contributed by atoms with E-state index in [4.69, 9.17) is 29.6 Å². The van der Waals surface area contributed by atoms with E-state index >= 15 is 0 Å². The molecule has 2 rings (SSSR count). The van der Waals surface area contributed by atoms with Gasteiger partial charge in [0.2, 0.25) is 5.91 Å². The number of thiocarbonyl (C=S) groups is 1. The highest BCUT2D eigenvalue weighted by atomic mass is 35.5. The van der Waals surface area contributed by atoms with Crippen LogP contribution in [-0.4, -0.2) is 42.1 Å². The van der Waals surface area contributed by atoms with Gasteiger partial charge >= 0.3 is 0 Å². The highest BCUT2D eigenvalue weighted by molar-refractivity contribution is 7.80. The lowest BCUT2D eigenvalue weighted by Crippen LogP contribution is -2.49. The van der Waals surface area contributed by atoms with Crippen LogP contribution in [-0.2, 0) is 4.79 Å². The van der Waals surface area contributed by atoms with E-state index in [2.05, 4.69) is 10.2 Å². The van der Waals surface area contributed by atoms with Crippen molar-refractivity contribution in [3.05, 3.63) is 23.2 Å². The first-order chi connectivity index (χ1) is 10.5. The van der Waals surface area contributed by atoms with Gasteiger partial charge in [-0.2, -0.15) is 0 Å². The molecule has 1 aromatic carbocycles. The highest BCUT2D eigenvalue weighted by Gasteiger charge is 2.23. The van der Waals surface area contributed by atoms with E-state index in [0.29, 0.717) is 24.5 Å². The van der Waals surface area contributed by atoms with Crippen molar-refractivity contribution in [1.82, 2.24) is 4.90 Å². The molecular weight excluding hydrogens is 320 g/mol. The second-order valence-electron chi connectivity index (χ2n) is 5.24. The van der Waals surface area contributed by atoms with Gasteiger partial charge in [0.15, 0.2) is 5.11 Å². The smallest absolute Gasteiger partial charge is 0.222 e. The zero-order valence-corrected chi connectivity index (χ0v) is 14.2. The van der Waals surface area contributed by atoms with Gasteiger partial charge in [0.25, 0.3) is 0 Å². The number of hydrogen-bond donors (Lipinski definition) is 2. The van der Waals surface area contributed by atoms with E-state index in [1.807, 2.05) is 30.0 Å². The number of piperazine rings is 1. The van der Waals surface area contributed by atoms with Crippen LogP contribution < -0.4 is 16.0 Å². The molecule has 3 N–H and O–H groups in total. The van der Waals surface area contributed by atoms with Crippen LogP contribution >= 0.6 is 23.8 Å². The molecule has 1 fully saturated rings. The van der Waals surface area contributed by atoms with Crippen LogP contribution in [0.1, 0.15) is 19.8 Å². The van der Waals surface area contributed by atoms with Crippen molar-refractivity contribution >= 4 is 46.2 Å². The van der Waals surface area contributed by atoms with E-state index in [9.17, 15) is 4.79 Å². The molecule has 1 amide bonds. The van der Waals surface area contributed by atoms with E-state index in [1.165, 1.54) is 0 Å². The van der Waals surface area contributed by atoms with Gasteiger partial charge in [0.05, 0.1) is 16.4 Å². The zero-order chi connectivity index (χ0) is 16.1. The Balaban J connectivity index is 2.11. The summed E-state index contributed by atoms with van der Waals surface area (Å²) in [7, 11) is 0. The maximum absolute atomic E-state index is 12.0. The average molecular weight is 341 g/mol. The second-order valence-corrected chi connectivity index (χ2v) is 6.09. The molecule has 0 saturated carbocycles. The van der Waals surface area contributed by atoms with Crippen molar-refractivity contribution in [2.45, 2.75) is 19.8 Å². The Hall–Kier alpha value is -1.53. The fraction of sp³-hybridized carbons (Fsp3) is 0.467. The Kier molecular flexibility index (Phi) is 5.85. The fourth-order valence-electron chi connectivity index (χ4n) is 2.62. The number of carbonyl (C=O) groups is 1. The van der Waals surface area contributed by atoms with Crippen molar-refractivity contribution in [2.24, 2.45) is 5.73 Å². The van der Waals surface area contributed by atoms with Gasteiger partial charge in [-0.15, -0.1) is 0 Å². The molecule has 1 saturated heterocycles. The number of hydrogen-bond acceptors (Lipinski definition) is 3. The molecule has 0 atom stereocenters. The average Bonchev–Trinajstić information content (AvgIpc) is 2.47. The molecule has 0 aliphatic carbocycles. The highest BCUT2D eigenvalue weighted by Crippen LogP contribution is 2.34. The standard InChI is InChI=1S/C15H21ClN4OS/c1-2-4-13(21)19-7-9-20(10-8-19)14-11(16)5-3-6-12(14)18-15(17)22/h3,5-6H,2,4,7-10H2,1H3,(H3,17,18,22). The van der Waals surface area contributed by atoms with Gasteiger partial charge in [0.1, 0.15) is 0 Å². The van der Waals surface area contributed by atoms with Crippen molar-refractivity contribution in [3.63, 3.8) is 0 Å². The number of nitrogens with two attached hydrogens (primary N) is 1. The summed E-state index contributed by atoms with van der Waals surface area (Å²) in [6.45, 7) is 4.91. The van der Waals surface area contributed by atoms with Crippen LogP contribution in [0.2, 0.25) is 5.02 Å². The predicted molar refractivity (Wildman–Crippen MR) is 95.6 cm³/mol. The number of para-hydroxylation sites is 1. The first kappa shape index (κ1) is 16.8. The van der Waals surface area contributed by atoms with Gasteiger partial charge in [-0.05, 0) is 30.8 Å². The monoisotopic (exact) mass is 340 g/mol. The number of benzene rings is 1. The number of amides is 1. The summed E-state index contributed by atoms with van der Waals surface area (Å²) in [6.07, 6.45) is 1.49. The Morgan fingerprint density at radius 3 is 2.64 bits per heavy atom. The maximum atomic E-state index is 12.0. The summed E-state index contributed by atoms with van der Waals surface area (Å²) in [5.41, 5.74) is 7.26. The minimum atomic E-state index is 0.209. The quantitative estimate of drug-likeness (QED) is 0.824. The summed E-state index contributed by atoms with van der Waals surface area (Å²) in [5, 5.41) is 3.82. The van der Waals surface area contributed by atoms with Gasteiger partial charge in [-0.3, -0.25) is 4.79 Å². The number of halogens is 1. The molecule has 7 heteroatoms. The van der Waals surface area contributed by atoms with Crippen LogP contribution in [0.4, 0.5) is 11.4 Å². The number of anilines is 2. The maximum Gasteiger partial charge on any atom is 0.222 e. The third-order valence-corrected chi connectivity index (χ3v) is 4.06. The minimum absolute atomic E-state index is 0.209. The summed E-state index contributed by atoms with van der Waals surface area (Å²) in [6, 6.07) is 5.60. The lowest BCUT2D eigenvalue weighted by atomic mass is 10.2. The predicted octanol–water partition coefficient (Wildman–Crippen LogP) is 2.44. The second kappa shape index (κ2) is 7.65. The molecule has 1 aliphatic rings. The molecule has 120 valence electrons. The molecule has 1 aromatic rings. The van der Waals surface area contributed by atoms with Crippen molar-refractivity contribution in [1.29, 1.82) is 0 Å². The normalized spacial score (nSPS) is 14.8. The molecule has 0 unspecified atom stereocenters. The Morgan fingerprint density at radius 2 is 2.05 bits per heavy atom. The molecule has 1 heterocycles. The summed E-state index contributed by atoms with van der Waals surface area (Å²) >= 11 is 11.3. The number of nitrogens with one attached hydrogen (secondary N) is 1. The van der Waals surface area contributed by atoms with E-state index < -0.39 is 0 Å². The third kappa shape index (κ3) is 4.01. The van der Waals surface area contributed by atoms with Crippen LogP contribution in [0.25, 0.3) is 0 Å². The van der Waals surface area contributed by atoms with Crippen molar-refractivity contribution < 1.29 is 4.79 Å². The van der Waals surface area contributed by atoms with Crippen LogP contribution in [0.3, 0.4) is 0 Å². The van der Waals surface area contributed by atoms with Crippen molar-refractivity contribution in [3.8, 4) is 0 Å². The first-order valence-corrected chi connectivity index (χ1v) is 8.19. The SMILES string of the molecule is CCCC(=O)N1CCN(c2c(Cl)cccc2NC(N)=S)CC1. The lowest BCUT2D eigenvalue weighted by Gasteiger charge is -2.37. The van der Waals surface area contributed by atoms with Crippen molar-refractivity contribution in [2.75, 3.05) is 36.4 Å². The van der Waals surface area contributed by atoms with Crippen LogP contribution in [0, 0.1) is 0 Å². The molecule has 0 radical (unpaired) electrons. The minimum Gasteiger partial charge on any atom is -0.376 e. The van der Waals surface area contributed by atoms with Gasteiger partial charge in [-0.1, -0.05) is 24.6 Å². The van der Waals surface area contributed by atoms with Crippen LogP contribution in [0.15, 0.2) is 18.2 Å². The van der Waals surface area contributed by atoms with Gasteiger partial charge in [-0.25, -0.2) is 0 Å². The van der Waals surface area contributed by atoms with E-state index in [0.717, 1.165) is 30.9 Å². The topological polar surface area (TPSA) is 61.6 Å². The van der Waals surface area contributed by atoms with E-state index in [-0.39, 0.29) is 11.0 Å². The lowest BCUT2D eigenvalue weighted by molar-refractivity contribution is -0.131. The third-order valence-electron chi connectivity index (χ3n) is 3.66. The number of carbonyl (C=O) groups excluding carboxylic acids is 1. The molecular formula is C15H21ClN4OS.